The number of likely N-dealkylation sites (tertiary alicyclic amines) is 1. The lowest BCUT2D eigenvalue weighted by Gasteiger charge is -2.34. The van der Waals surface area contributed by atoms with E-state index in [1.54, 1.807) is 0 Å². The van der Waals surface area contributed by atoms with Crippen molar-refractivity contribution in [3.05, 3.63) is 29.1 Å². The zero-order valence-electron chi connectivity index (χ0n) is 13.6. The van der Waals surface area contributed by atoms with Crippen molar-refractivity contribution < 1.29 is 9.21 Å². The van der Waals surface area contributed by atoms with Crippen LogP contribution in [0.25, 0.3) is 11.1 Å². The largest absolute Gasteiger partial charge is 0.440 e. The smallest absolute Gasteiger partial charge is 0.225 e. The summed E-state index contributed by atoms with van der Waals surface area (Å²) in [4.78, 5) is 19.2. The highest BCUT2D eigenvalue weighted by Crippen LogP contribution is 2.31. The average Bonchev–Trinajstić information content (AvgIpc) is 3.05. The standard InChI is InChI=1S/C18H22ClN3O2/c19-14-1-2-16-15(11-14)21-17(24-16)12-5-9-22(10-6-12)18(23)13-3-7-20-8-4-13/h1-2,11-13,20H,3-10H2. The minimum absolute atomic E-state index is 0.203. The first-order chi connectivity index (χ1) is 11.7. The fourth-order valence-electron chi connectivity index (χ4n) is 3.77. The molecule has 0 atom stereocenters. The molecule has 2 saturated heterocycles. The fourth-order valence-corrected chi connectivity index (χ4v) is 3.93. The molecule has 0 unspecified atom stereocenters. The molecule has 1 amide bonds. The van der Waals surface area contributed by atoms with Gasteiger partial charge in [-0.2, -0.15) is 0 Å². The lowest BCUT2D eigenvalue weighted by Crippen LogP contribution is -2.44. The molecule has 128 valence electrons. The molecule has 4 rings (SSSR count). The van der Waals surface area contributed by atoms with Crippen molar-refractivity contribution in [3.63, 3.8) is 0 Å². The Labute approximate surface area is 146 Å². The number of amides is 1. The first-order valence-electron chi connectivity index (χ1n) is 8.76. The predicted molar refractivity (Wildman–Crippen MR) is 93.2 cm³/mol. The van der Waals surface area contributed by atoms with E-state index in [0.717, 1.165) is 68.9 Å². The maximum atomic E-state index is 12.6. The van der Waals surface area contributed by atoms with Crippen molar-refractivity contribution in [1.82, 2.24) is 15.2 Å². The summed E-state index contributed by atoms with van der Waals surface area (Å²) in [6.07, 6.45) is 3.75. The van der Waals surface area contributed by atoms with Gasteiger partial charge in [0.25, 0.3) is 0 Å². The van der Waals surface area contributed by atoms with Crippen LogP contribution in [0, 0.1) is 5.92 Å². The van der Waals surface area contributed by atoms with Gasteiger partial charge in [-0.3, -0.25) is 4.79 Å². The van der Waals surface area contributed by atoms with Gasteiger partial charge in [0.15, 0.2) is 11.5 Å². The normalized spacial score (nSPS) is 20.6. The lowest BCUT2D eigenvalue weighted by atomic mass is 9.92. The zero-order valence-corrected chi connectivity index (χ0v) is 14.4. The van der Waals surface area contributed by atoms with Crippen LogP contribution in [0.2, 0.25) is 5.02 Å². The Morgan fingerprint density at radius 2 is 1.96 bits per heavy atom. The summed E-state index contributed by atoms with van der Waals surface area (Å²) in [6.45, 7) is 3.51. The molecule has 0 aliphatic carbocycles. The Bertz CT molecular complexity index is 731. The first kappa shape index (κ1) is 15.9. The molecule has 3 heterocycles. The molecule has 1 aromatic carbocycles. The van der Waals surface area contributed by atoms with Crippen LogP contribution in [0.1, 0.15) is 37.5 Å². The van der Waals surface area contributed by atoms with Crippen molar-refractivity contribution in [1.29, 1.82) is 0 Å². The fraction of sp³-hybridized carbons (Fsp3) is 0.556. The molecular formula is C18H22ClN3O2. The number of hydrogen-bond donors (Lipinski definition) is 1. The predicted octanol–water partition coefficient (Wildman–Crippen LogP) is 3.19. The van der Waals surface area contributed by atoms with E-state index >= 15 is 0 Å². The molecular weight excluding hydrogens is 326 g/mol. The molecule has 1 N–H and O–H groups in total. The summed E-state index contributed by atoms with van der Waals surface area (Å²) in [5.74, 6) is 1.60. The molecule has 2 aromatic rings. The maximum Gasteiger partial charge on any atom is 0.225 e. The molecule has 0 saturated carbocycles. The minimum atomic E-state index is 0.203. The van der Waals surface area contributed by atoms with E-state index in [1.807, 2.05) is 23.1 Å². The second kappa shape index (κ2) is 6.73. The van der Waals surface area contributed by atoms with Gasteiger partial charge in [0.1, 0.15) is 5.52 Å². The number of benzene rings is 1. The molecule has 1 aromatic heterocycles. The van der Waals surface area contributed by atoms with Crippen molar-refractivity contribution in [2.24, 2.45) is 5.92 Å². The van der Waals surface area contributed by atoms with Gasteiger partial charge in [0.05, 0.1) is 0 Å². The van der Waals surface area contributed by atoms with Crippen LogP contribution in [0.4, 0.5) is 0 Å². The molecule has 5 nitrogen and oxygen atoms in total. The average molecular weight is 348 g/mol. The van der Waals surface area contributed by atoms with Crippen molar-refractivity contribution in [2.45, 2.75) is 31.6 Å². The van der Waals surface area contributed by atoms with Crippen molar-refractivity contribution >= 4 is 28.6 Å². The van der Waals surface area contributed by atoms with E-state index in [9.17, 15) is 4.79 Å². The van der Waals surface area contributed by atoms with E-state index < -0.39 is 0 Å². The number of carbonyl (C=O) groups excluding carboxylic acids is 1. The van der Waals surface area contributed by atoms with E-state index in [0.29, 0.717) is 10.9 Å². The highest BCUT2D eigenvalue weighted by molar-refractivity contribution is 6.31. The summed E-state index contributed by atoms with van der Waals surface area (Å²) in [5, 5.41) is 3.99. The van der Waals surface area contributed by atoms with Crippen LogP contribution >= 0.6 is 11.6 Å². The molecule has 2 fully saturated rings. The summed E-state index contributed by atoms with van der Waals surface area (Å²) in [6, 6.07) is 5.52. The quantitative estimate of drug-likeness (QED) is 0.906. The molecule has 2 aliphatic heterocycles. The molecule has 0 radical (unpaired) electrons. The molecule has 24 heavy (non-hydrogen) atoms. The monoisotopic (exact) mass is 347 g/mol. The minimum Gasteiger partial charge on any atom is -0.440 e. The number of rotatable bonds is 2. The summed E-state index contributed by atoms with van der Waals surface area (Å²) in [5.41, 5.74) is 1.59. The van der Waals surface area contributed by atoms with Crippen LogP contribution in [0.15, 0.2) is 22.6 Å². The van der Waals surface area contributed by atoms with E-state index in [-0.39, 0.29) is 11.8 Å². The van der Waals surface area contributed by atoms with Gasteiger partial charge in [0, 0.05) is 29.9 Å². The third kappa shape index (κ3) is 3.15. The summed E-state index contributed by atoms with van der Waals surface area (Å²) < 4.78 is 5.89. The number of hydrogen-bond acceptors (Lipinski definition) is 4. The number of oxazole rings is 1. The number of carbonyl (C=O) groups is 1. The highest BCUT2D eigenvalue weighted by Gasteiger charge is 2.31. The lowest BCUT2D eigenvalue weighted by molar-refractivity contribution is -0.137. The summed E-state index contributed by atoms with van der Waals surface area (Å²) in [7, 11) is 0. The van der Waals surface area contributed by atoms with Gasteiger partial charge in [0.2, 0.25) is 5.91 Å². The van der Waals surface area contributed by atoms with Crippen molar-refractivity contribution in [3.8, 4) is 0 Å². The van der Waals surface area contributed by atoms with Crippen LogP contribution in [0.3, 0.4) is 0 Å². The Hall–Kier alpha value is -1.59. The number of nitrogens with one attached hydrogen (secondary N) is 1. The van der Waals surface area contributed by atoms with E-state index in [1.165, 1.54) is 0 Å². The van der Waals surface area contributed by atoms with Crippen LogP contribution in [-0.2, 0) is 4.79 Å². The Morgan fingerprint density at radius 3 is 2.71 bits per heavy atom. The van der Waals surface area contributed by atoms with E-state index in [2.05, 4.69) is 10.3 Å². The third-order valence-corrected chi connectivity index (χ3v) is 5.45. The molecule has 0 spiro atoms. The van der Waals surface area contributed by atoms with Crippen molar-refractivity contribution in [2.75, 3.05) is 26.2 Å². The summed E-state index contributed by atoms with van der Waals surface area (Å²) >= 11 is 6.01. The zero-order chi connectivity index (χ0) is 16.5. The maximum absolute atomic E-state index is 12.6. The Kier molecular flexibility index (Phi) is 4.46. The van der Waals surface area contributed by atoms with Gasteiger partial charge in [-0.1, -0.05) is 11.6 Å². The molecule has 0 bridgehead atoms. The van der Waals surface area contributed by atoms with E-state index in [4.69, 9.17) is 16.0 Å². The molecule has 6 heteroatoms. The number of nitrogens with zero attached hydrogens (tertiary/aromatic N) is 2. The van der Waals surface area contributed by atoms with Gasteiger partial charge >= 0.3 is 0 Å². The van der Waals surface area contributed by atoms with Crippen LogP contribution in [-0.4, -0.2) is 42.0 Å². The third-order valence-electron chi connectivity index (χ3n) is 5.21. The topological polar surface area (TPSA) is 58.4 Å². The van der Waals surface area contributed by atoms with Gasteiger partial charge < -0.3 is 14.6 Å². The number of fused-ring (bicyclic) bond motifs is 1. The van der Waals surface area contributed by atoms with Crippen LogP contribution < -0.4 is 5.32 Å². The SMILES string of the molecule is O=C(C1CCNCC1)N1CCC(c2nc3cc(Cl)ccc3o2)CC1. The van der Waals surface area contributed by atoms with Gasteiger partial charge in [-0.25, -0.2) is 4.98 Å². The molecule has 2 aliphatic rings. The second-order valence-electron chi connectivity index (χ2n) is 6.79. The second-order valence-corrected chi connectivity index (χ2v) is 7.22. The number of aromatic nitrogens is 1. The highest BCUT2D eigenvalue weighted by atomic mass is 35.5. The van der Waals surface area contributed by atoms with Gasteiger partial charge in [-0.05, 0) is 57.0 Å². The Balaban J connectivity index is 1.40. The van der Waals surface area contributed by atoms with Gasteiger partial charge in [-0.15, -0.1) is 0 Å². The first-order valence-corrected chi connectivity index (χ1v) is 9.14. The Morgan fingerprint density at radius 1 is 1.21 bits per heavy atom. The van der Waals surface area contributed by atoms with Crippen LogP contribution in [0.5, 0.6) is 0 Å². The number of halogens is 1. The number of piperidine rings is 2.